The first-order valence-corrected chi connectivity index (χ1v) is 12.3. The summed E-state index contributed by atoms with van der Waals surface area (Å²) in [6.45, 7) is 4.60. The molecule has 1 aromatic carbocycles. The molecule has 1 aliphatic carbocycles. The number of halogens is 1. The van der Waals surface area contributed by atoms with Crippen LogP contribution >= 0.6 is 11.6 Å². The first kappa shape index (κ1) is 22.1. The summed E-state index contributed by atoms with van der Waals surface area (Å²) in [7, 11) is 1.61. The van der Waals surface area contributed by atoms with E-state index in [1.165, 1.54) is 19.3 Å². The number of hydrogen-bond acceptors (Lipinski definition) is 6. The summed E-state index contributed by atoms with van der Waals surface area (Å²) in [5.41, 5.74) is 1.60. The second-order valence-electron chi connectivity index (χ2n) is 8.88. The van der Waals surface area contributed by atoms with E-state index >= 15 is 0 Å². The van der Waals surface area contributed by atoms with Gasteiger partial charge in [0.25, 0.3) is 5.91 Å². The lowest BCUT2D eigenvalue weighted by Gasteiger charge is -2.38. The zero-order chi connectivity index (χ0) is 22.9. The third-order valence-corrected chi connectivity index (χ3v) is 7.04. The van der Waals surface area contributed by atoms with Crippen LogP contribution in [0.15, 0.2) is 23.2 Å². The van der Waals surface area contributed by atoms with Crippen molar-refractivity contribution in [3.63, 3.8) is 0 Å². The molecular formula is C24H31ClN6O2. The maximum atomic E-state index is 13.7. The zero-order valence-electron chi connectivity index (χ0n) is 19.3. The highest BCUT2D eigenvalue weighted by Gasteiger charge is 2.40. The summed E-state index contributed by atoms with van der Waals surface area (Å²) in [4.78, 5) is 27.2. The monoisotopic (exact) mass is 470 g/mol. The summed E-state index contributed by atoms with van der Waals surface area (Å²) < 4.78 is 7.34. The van der Waals surface area contributed by atoms with Gasteiger partial charge in [-0.2, -0.15) is 4.98 Å². The normalized spacial score (nSPS) is 18.6. The molecule has 33 heavy (non-hydrogen) atoms. The average Bonchev–Trinajstić information content (AvgIpc) is 3.18. The molecule has 2 aliphatic heterocycles. The Morgan fingerprint density at radius 3 is 2.76 bits per heavy atom. The highest BCUT2D eigenvalue weighted by atomic mass is 35.5. The van der Waals surface area contributed by atoms with Crippen molar-refractivity contribution in [2.45, 2.75) is 58.0 Å². The van der Waals surface area contributed by atoms with Gasteiger partial charge >= 0.3 is 0 Å². The van der Waals surface area contributed by atoms with Crippen molar-refractivity contribution in [2.75, 3.05) is 37.0 Å². The van der Waals surface area contributed by atoms with E-state index in [-0.39, 0.29) is 5.91 Å². The van der Waals surface area contributed by atoms with Gasteiger partial charge in [0.15, 0.2) is 11.5 Å². The molecule has 0 bridgehead atoms. The molecule has 2 aromatic rings. The number of ether oxygens (including phenoxy) is 1. The molecule has 0 saturated heterocycles. The molecule has 0 unspecified atom stereocenters. The third kappa shape index (κ3) is 4.05. The van der Waals surface area contributed by atoms with Gasteiger partial charge in [-0.25, -0.2) is 0 Å². The van der Waals surface area contributed by atoms with Crippen molar-refractivity contribution >= 4 is 35.2 Å². The zero-order valence-corrected chi connectivity index (χ0v) is 20.1. The molecule has 9 heteroatoms. The second-order valence-corrected chi connectivity index (χ2v) is 9.29. The van der Waals surface area contributed by atoms with Crippen molar-refractivity contribution in [3.8, 4) is 5.75 Å². The van der Waals surface area contributed by atoms with Crippen molar-refractivity contribution < 1.29 is 9.53 Å². The topological polar surface area (TPSA) is 75.0 Å². The molecule has 3 heterocycles. The van der Waals surface area contributed by atoms with Crippen LogP contribution in [0.3, 0.4) is 0 Å². The summed E-state index contributed by atoms with van der Waals surface area (Å²) in [6.07, 6.45) is 6.91. The number of fused-ring (bicyclic) bond motifs is 3. The van der Waals surface area contributed by atoms with Crippen LogP contribution in [-0.4, -0.2) is 59.1 Å². The van der Waals surface area contributed by atoms with E-state index in [1.807, 2.05) is 29.7 Å². The Bertz CT molecular complexity index is 1080. The third-order valence-electron chi connectivity index (χ3n) is 6.74. The van der Waals surface area contributed by atoms with Gasteiger partial charge in [0.2, 0.25) is 11.9 Å². The molecule has 1 amide bonds. The van der Waals surface area contributed by atoms with E-state index in [0.29, 0.717) is 41.4 Å². The van der Waals surface area contributed by atoms with E-state index in [0.717, 1.165) is 49.8 Å². The molecule has 1 aromatic heterocycles. The van der Waals surface area contributed by atoms with Crippen LogP contribution in [-0.2, 0) is 6.54 Å². The van der Waals surface area contributed by atoms with Crippen LogP contribution in [0.4, 0.5) is 11.8 Å². The molecule has 3 aliphatic rings. The van der Waals surface area contributed by atoms with Crippen LogP contribution in [0, 0.1) is 0 Å². The summed E-state index contributed by atoms with van der Waals surface area (Å²) in [5, 5.41) is 4.22. The highest BCUT2D eigenvalue weighted by molar-refractivity contribution is 6.32. The lowest BCUT2D eigenvalue weighted by atomic mass is 9.96. The maximum absolute atomic E-state index is 13.7. The molecule has 0 spiro atoms. The number of nitrogens with one attached hydrogen (secondary N) is 1. The number of carbonyl (C=O) groups excluding carboxylic acids is 1. The van der Waals surface area contributed by atoms with E-state index in [4.69, 9.17) is 21.3 Å². The van der Waals surface area contributed by atoms with Crippen molar-refractivity contribution in [1.82, 2.24) is 14.5 Å². The molecule has 1 saturated carbocycles. The summed E-state index contributed by atoms with van der Waals surface area (Å²) in [5.74, 6) is 2.77. The standard InChI is InChI=1S/C24H31ClN6O2/c1-3-29-22(32)20-21(30-13-7-12-26-24(29)30)28-23(27-17-8-5-4-6-9-17)31(20)15-16-10-11-19(33-2)18(25)14-16/h10-11,14,17H,3-9,12-13,15H2,1-2H3,(H,27,28). The van der Waals surface area contributed by atoms with E-state index in [9.17, 15) is 4.79 Å². The van der Waals surface area contributed by atoms with Gasteiger partial charge in [-0.15, -0.1) is 0 Å². The molecule has 1 N–H and O–H groups in total. The second kappa shape index (κ2) is 9.25. The number of methoxy groups -OCH3 is 1. The van der Waals surface area contributed by atoms with Crippen LogP contribution in [0.1, 0.15) is 61.5 Å². The lowest BCUT2D eigenvalue weighted by Crippen LogP contribution is -2.54. The molecule has 176 valence electrons. The van der Waals surface area contributed by atoms with Gasteiger partial charge in [-0.3, -0.25) is 24.2 Å². The van der Waals surface area contributed by atoms with Crippen LogP contribution in [0.5, 0.6) is 5.75 Å². The molecule has 0 atom stereocenters. The number of hydrogen-bond donors (Lipinski definition) is 1. The first-order chi connectivity index (χ1) is 16.1. The molecule has 1 fully saturated rings. The average molecular weight is 471 g/mol. The van der Waals surface area contributed by atoms with Gasteiger partial charge < -0.3 is 10.1 Å². The van der Waals surface area contributed by atoms with Gasteiger partial charge in [0, 0.05) is 25.7 Å². The number of amides is 1. The lowest BCUT2D eigenvalue weighted by molar-refractivity contribution is 0.0834. The molecule has 5 rings (SSSR count). The number of benzene rings is 1. The Hall–Kier alpha value is -2.74. The fourth-order valence-electron chi connectivity index (χ4n) is 5.05. The van der Waals surface area contributed by atoms with Crippen molar-refractivity contribution in [3.05, 3.63) is 34.5 Å². The Morgan fingerprint density at radius 1 is 1.21 bits per heavy atom. The minimum Gasteiger partial charge on any atom is -0.495 e. The van der Waals surface area contributed by atoms with E-state index < -0.39 is 0 Å². The molecular weight excluding hydrogens is 440 g/mol. The quantitative estimate of drug-likeness (QED) is 0.678. The smallest absolute Gasteiger partial charge is 0.281 e. The van der Waals surface area contributed by atoms with Crippen LogP contribution in [0.2, 0.25) is 5.02 Å². The number of guanidine groups is 1. The maximum Gasteiger partial charge on any atom is 0.281 e. The predicted molar refractivity (Wildman–Crippen MR) is 131 cm³/mol. The largest absolute Gasteiger partial charge is 0.495 e. The van der Waals surface area contributed by atoms with E-state index in [1.54, 1.807) is 12.0 Å². The van der Waals surface area contributed by atoms with E-state index in [2.05, 4.69) is 15.2 Å². The Kier molecular flexibility index (Phi) is 6.19. The summed E-state index contributed by atoms with van der Waals surface area (Å²) >= 11 is 6.41. The number of aromatic nitrogens is 2. The minimum absolute atomic E-state index is 0.0480. The van der Waals surface area contributed by atoms with Gasteiger partial charge in [-0.05, 0) is 43.9 Å². The summed E-state index contributed by atoms with van der Waals surface area (Å²) in [6, 6.07) is 6.12. The van der Waals surface area contributed by atoms with Gasteiger partial charge in [-0.1, -0.05) is 36.9 Å². The number of carbonyl (C=O) groups is 1. The fourth-order valence-corrected chi connectivity index (χ4v) is 5.33. The molecule has 0 radical (unpaired) electrons. The fraction of sp³-hybridized carbons (Fsp3) is 0.542. The predicted octanol–water partition coefficient (Wildman–Crippen LogP) is 4.38. The van der Waals surface area contributed by atoms with Gasteiger partial charge in [0.1, 0.15) is 5.75 Å². The molecule has 8 nitrogen and oxygen atoms in total. The minimum atomic E-state index is -0.0480. The Morgan fingerprint density at radius 2 is 2.03 bits per heavy atom. The van der Waals surface area contributed by atoms with Gasteiger partial charge in [0.05, 0.1) is 18.7 Å². The number of imidazole rings is 1. The van der Waals surface area contributed by atoms with Crippen molar-refractivity contribution in [1.29, 1.82) is 0 Å². The highest BCUT2D eigenvalue weighted by Crippen LogP contribution is 2.35. The number of anilines is 2. The van der Waals surface area contributed by atoms with Crippen LogP contribution < -0.4 is 15.0 Å². The SMILES string of the molecule is CCN1C(=O)c2c(nc(NC3CCCCC3)n2Cc2ccc(OC)c(Cl)c2)N2CCCN=C12. The number of nitrogens with zero attached hydrogens (tertiary/aromatic N) is 5. The first-order valence-electron chi connectivity index (χ1n) is 11.9. The number of aliphatic imine (C=N–C) groups is 1. The number of rotatable bonds is 6. The Labute approximate surface area is 199 Å². The van der Waals surface area contributed by atoms with Crippen molar-refractivity contribution in [2.24, 2.45) is 4.99 Å². The van der Waals surface area contributed by atoms with Crippen LogP contribution in [0.25, 0.3) is 0 Å². The Balaban J connectivity index is 1.59.